The van der Waals surface area contributed by atoms with Crippen LogP contribution in [0.3, 0.4) is 0 Å². The van der Waals surface area contributed by atoms with E-state index in [9.17, 15) is 26.8 Å². The summed E-state index contributed by atoms with van der Waals surface area (Å²) in [7, 11) is -4.24. The number of hydrogen-bond donors (Lipinski definition) is 1. The fourth-order valence-corrected chi connectivity index (χ4v) is 5.44. The van der Waals surface area contributed by atoms with Crippen molar-refractivity contribution in [3.8, 4) is 0 Å². The average Bonchev–Trinajstić information content (AvgIpc) is 2.93. The lowest BCUT2D eigenvalue weighted by Crippen LogP contribution is -2.53. The Labute approximate surface area is 228 Å². The Morgan fingerprint density at radius 3 is 1.95 bits per heavy atom. The maximum absolute atomic E-state index is 13.9. The topological polar surface area (TPSA) is 86.8 Å². The molecule has 2 atom stereocenters. The Kier molecular flexibility index (Phi) is 10.2. The van der Waals surface area contributed by atoms with Gasteiger partial charge in [0.05, 0.1) is 10.6 Å². The van der Waals surface area contributed by atoms with Crippen LogP contribution < -0.4 is 9.62 Å². The van der Waals surface area contributed by atoms with Gasteiger partial charge in [-0.25, -0.2) is 17.2 Å². The Morgan fingerprint density at radius 1 is 0.846 bits per heavy atom. The van der Waals surface area contributed by atoms with E-state index < -0.39 is 40.2 Å². The predicted molar refractivity (Wildman–Crippen MR) is 146 cm³/mol. The van der Waals surface area contributed by atoms with Gasteiger partial charge in [0.2, 0.25) is 11.8 Å². The summed E-state index contributed by atoms with van der Waals surface area (Å²) in [6.45, 7) is 4.83. The number of amides is 2. The Morgan fingerprint density at radius 2 is 1.41 bits per heavy atom. The van der Waals surface area contributed by atoms with Crippen LogP contribution in [0.5, 0.6) is 0 Å². The van der Waals surface area contributed by atoms with Crippen molar-refractivity contribution in [2.24, 2.45) is 0 Å². The number of sulfonamides is 1. The molecule has 208 valence electrons. The fourth-order valence-electron chi connectivity index (χ4n) is 4.00. The molecule has 0 aliphatic carbocycles. The van der Waals surface area contributed by atoms with Gasteiger partial charge in [-0.15, -0.1) is 0 Å². The van der Waals surface area contributed by atoms with E-state index in [1.807, 2.05) is 13.8 Å². The first-order valence-electron chi connectivity index (χ1n) is 12.7. The van der Waals surface area contributed by atoms with Crippen LogP contribution in [-0.2, 0) is 26.2 Å². The molecule has 10 heteroatoms. The molecule has 0 saturated carbocycles. The first-order valence-corrected chi connectivity index (χ1v) is 14.2. The minimum atomic E-state index is -4.24. The number of rotatable bonds is 12. The third-order valence-corrected chi connectivity index (χ3v) is 8.17. The smallest absolute Gasteiger partial charge is 0.264 e. The lowest BCUT2D eigenvalue weighted by atomic mass is 10.1. The van der Waals surface area contributed by atoms with Gasteiger partial charge in [-0.1, -0.05) is 44.2 Å². The highest BCUT2D eigenvalue weighted by atomic mass is 32.2. The molecule has 0 aliphatic rings. The van der Waals surface area contributed by atoms with Crippen molar-refractivity contribution >= 4 is 27.5 Å². The zero-order chi connectivity index (χ0) is 28.6. The minimum absolute atomic E-state index is 0.0474. The summed E-state index contributed by atoms with van der Waals surface area (Å²) in [6, 6.07) is 16.8. The molecule has 7 nitrogen and oxygen atoms in total. The molecule has 0 spiro atoms. The van der Waals surface area contributed by atoms with Crippen LogP contribution in [-0.4, -0.2) is 43.8 Å². The Bertz CT molecular complexity index is 1350. The second-order valence-electron chi connectivity index (χ2n) is 9.19. The highest BCUT2D eigenvalue weighted by molar-refractivity contribution is 7.92. The molecule has 0 radical (unpaired) electrons. The van der Waals surface area contributed by atoms with Crippen molar-refractivity contribution in [2.45, 2.75) is 57.1 Å². The molecule has 0 aromatic heterocycles. The average molecular weight is 558 g/mol. The number of hydrogen-bond acceptors (Lipinski definition) is 4. The van der Waals surface area contributed by atoms with E-state index in [0.29, 0.717) is 12.0 Å². The molecular formula is C29H33F2N3O4S. The first kappa shape index (κ1) is 29.8. The number of benzene rings is 3. The van der Waals surface area contributed by atoms with Crippen LogP contribution in [0.1, 0.15) is 39.2 Å². The van der Waals surface area contributed by atoms with E-state index in [4.69, 9.17) is 0 Å². The maximum atomic E-state index is 13.9. The SMILES string of the molecule is CC[C@H](C(=O)N[C@@H](C)CC)N(Cc1ccc(F)cc1)C(=O)CN(c1ccc(F)cc1)S(=O)(=O)c1ccccc1. The van der Waals surface area contributed by atoms with Crippen molar-refractivity contribution in [3.05, 3.63) is 96.1 Å². The number of nitrogens with zero attached hydrogens (tertiary/aromatic N) is 2. The molecule has 0 aliphatic heterocycles. The van der Waals surface area contributed by atoms with Crippen molar-refractivity contribution in [1.29, 1.82) is 0 Å². The Balaban J connectivity index is 2.03. The molecule has 3 aromatic rings. The van der Waals surface area contributed by atoms with Gasteiger partial charge in [0.25, 0.3) is 10.0 Å². The molecule has 3 rings (SSSR count). The molecule has 0 saturated heterocycles. The number of carbonyl (C=O) groups is 2. The molecule has 0 bridgehead atoms. The highest BCUT2D eigenvalue weighted by Gasteiger charge is 2.34. The lowest BCUT2D eigenvalue weighted by Gasteiger charge is -2.33. The predicted octanol–water partition coefficient (Wildman–Crippen LogP) is 4.88. The van der Waals surface area contributed by atoms with Crippen LogP contribution in [0.2, 0.25) is 0 Å². The van der Waals surface area contributed by atoms with E-state index in [1.54, 1.807) is 25.1 Å². The van der Waals surface area contributed by atoms with Crippen molar-refractivity contribution < 1.29 is 26.8 Å². The maximum Gasteiger partial charge on any atom is 0.264 e. The van der Waals surface area contributed by atoms with Crippen LogP contribution in [0.15, 0.2) is 83.8 Å². The van der Waals surface area contributed by atoms with Crippen molar-refractivity contribution in [3.63, 3.8) is 0 Å². The van der Waals surface area contributed by atoms with E-state index >= 15 is 0 Å². The number of halogens is 2. The van der Waals surface area contributed by atoms with Crippen LogP contribution >= 0.6 is 0 Å². The molecule has 0 unspecified atom stereocenters. The summed E-state index contributed by atoms with van der Waals surface area (Å²) in [5.41, 5.74) is 0.659. The molecule has 1 N–H and O–H groups in total. The van der Waals surface area contributed by atoms with Crippen molar-refractivity contribution in [1.82, 2.24) is 10.2 Å². The van der Waals surface area contributed by atoms with E-state index in [1.165, 1.54) is 53.4 Å². The largest absolute Gasteiger partial charge is 0.352 e. The number of anilines is 1. The molecule has 3 aromatic carbocycles. The highest BCUT2D eigenvalue weighted by Crippen LogP contribution is 2.25. The summed E-state index contributed by atoms with van der Waals surface area (Å²) in [5, 5.41) is 2.89. The van der Waals surface area contributed by atoms with Gasteiger partial charge in [0.15, 0.2) is 0 Å². The van der Waals surface area contributed by atoms with Gasteiger partial charge in [-0.05, 0) is 73.9 Å². The van der Waals surface area contributed by atoms with Crippen LogP contribution in [0.25, 0.3) is 0 Å². The Hall–Kier alpha value is -3.79. The third-order valence-electron chi connectivity index (χ3n) is 6.38. The van der Waals surface area contributed by atoms with Gasteiger partial charge >= 0.3 is 0 Å². The summed E-state index contributed by atoms with van der Waals surface area (Å²) < 4.78 is 55.5. The van der Waals surface area contributed by atoms with Gasteiger partial charge < -0.3 is 10.2 Å². The zero-order valence-electron chi connectivity index (χ0n) is 22.2. The van der Waals surface area contributed by atoms with Crippen LogP contribution in [0, 0.1) is 11.6 Å². The van der Waals surface area contributed by atoms with E-state index in [-0.39, 0.29) is 35.5 Å². The van der Waals surface area contributed by atoms with E-state index in [2.05, 4.69) is 5.32 Å². The minimum Gasteiger partial charge on any atom is -0.352 e. The van der Waals surface area contributed by atoms with Crippen molar-refractivity contribution in [2.75, 3.05) is 10.8 Å². The summed E-state index contributed by atoms with van der Waals surface area (Å²) in [4.78, 5) is 28.4. The quantitative estimate of drug-likeness (QED) is 0.344. The summed E-state index contributed by atoms with van der Waals surface area (Å²) in [5.74, 6) is -2.03. The fraction of sp³-hybridized carbons (Fsp3) is 0.310. The summed E-state index contributed by atoms with van der Waals surface area (Å²) >= 11 is 0. The number of nitrogens with one attached hydrogen (secondary N) is 1. The van der Waals surface area contributed by atoms with Gasteiger partial charge in [-0.3, -0.25) is 13.9 Å². The third kappa shape index (κ3) is 7.63. The second kappa shape index (κ2) is 13.3. The van der Waals surface area contributed by atoms with Crippen LogP contribution in [0.4, 0.5) is 14.5 Å². The standard InChI is InChI=1S/C29H33F2N3O4S/c1-4-21(3)32-29(36)27(5-2)33(19-22-11-13-23(30)14-12-22)28(35)20-34(25-17-15-24(31)16-18-25)39(37,38)26-9-7-6-8-10-26/h6-18,21,27H,4-5,19-20H2,1-3H3,(H,32,36)/t21-,27+/m0/s1. The van der Waals surface area contributed by atoms with Gasteiger partial charge in [0, 0.05) is 12.6 Å². The number of carbonyl (C=O) groups excluding carboxylic acids is 2. The second-order valence-corrected chi connectivity index (χ2v) is 11.1. The molecular weight excluding hydrogens is 524 g/mol. The molecule has 2 amide bonds. The van der Waals surface area contributed by atoms with Gasteiger partial charge in [0.1, 0.15) is 24.2 Å². The van der Waals surface area contributed by atoms with Gasteiger partial charge in [-0.2, -0.15) is 0 Å². The lowest BCUT2D eigenvalue weighted by molar-refractivity contribution is -0.140. The summed E-state index contributed by atoms with van der Waals surface area (Å²) in [6.07, 6.45) is 0.943. The monoisotopic (exact) mass is 557 g/mol. The molecule has 39 heavy (non-hydrogen) atoms. The first-order chi connectivity index (χ1) is 18.6. The normalized spacial score (nSPS) is 12.8. The molecule has 0 heterocycles. The molecule has 0 fully saturated rings. The zero-order valence-corrected chi connectivity index (χ0v) is 23.0. The van der Waals surface area contributed by atoms with E-state index in [0.717, 1.165) is 16.4 Å².